The second-order valence-electron chi connectivity index (χ2n) is 4.20. The van der Waals surface area contributed by atoms with Crippen molar-refractivity contribution in [3.8, 4) is 0 Å². The lowest BCUT2D eigenvalue weighted by atomic mass is 9.91. The van der Waals surface area contributed by atoms with Crippen molar-refractivity contribution in [3.63, 3.8) is 0 Å². The molecule has 0 bridgehead atoms. The first kappa shape index (κ1) is 12.5. The van der Waals surface area contributed by atoms with E-state index in [0.717, 1.165) is 0 Å². The standard InChI is InChI=1S/C13H24/c1-5-7-9-11-13(3,4)12-10-8-6-2/h9-12H,5-8H2,1-4H3/b11-9-,12-10+. The van der Waals surface area contributed by atoms with Gasteiger partial charge in [0.2, 0.25) is 0 Å². The molecule has 0 unspecified atom stereocenters. The largest absolute Gasteiger partial charge is 0.0877 e. The fourth-order valence-corrected chi connectivity index (χ4v) is 1.16. The Hall–Kier alpha value is -0.520. The van der Waals surface area contributed by atoms with Gasteiger partial charge in [-0.05, 0) is 12.8 Å². The second kappa shape index (κ2) is 6.94. The van der Waals surface area contributed by atoms with E-state index in [9.17, 15) is 0 Å². The molecule has 0 aromatic rings. The van der Waals surface area contributed by atoms with Crippen LogP contribution in [0.25, 0.3) is 0 Å². The zero-order valence-electron chi connectivity index (χ0n) is 9.64. The monoisotopic (exact) mass is 180 g/mol. The molecule has 0 saturated carbocycles. The van der Waals surface area contributed by atoms with E-state index < -0.39 is 0 Å². The van der Waals surface area contributed by atoms with E-state index >= 15 is 0 Å². The van der Waals surface area contributed by atoms with Gasteiger partial charge in [0.25, 0.3) is 0 Å². The van der Waals surface area contributed by atoms with Crippen molar-refractivity contribution in [1.29, 1.82) is 0 Å². The van der Waals surface area contributed by atoms with Gasteiger partial charge < -0.3 is 0 Å². The molecule has 0 amide bonds. The molecule has 0 heteroatoms. The van der Waals surface area contributed by atoms with Crippen molar-refractivity contribution in [2.45, 2.75) is 53.4 Å². The van der Waals surface area contributed by atoms with Crippen LogP contribution in [0.4, 0.5) is 0 Å². The molecular weight excluding hydrogens is 156 g/mol. The van der Waals surface area contributed by atoms with E-state index in [2.05, 4.69) is 52.0 Å². The molecule has 0 rings (SSSR count). The van der Waals surface area contributed by atoms with Crippen LogP contribution in [0, 0.1) is 5.41 Å². The average molecular weight is 180 g/mol. The molecule has 0 spiro atoms. The smallest absolute Gasteiger partial charge is 0.000439 e. The number of hydrogen-bond donors (Lipinski definition) is 0. The van der Waals surface area contributed by atoms with Crippen molar-refractivity contribution in [1.82, 2.24) is 0 Å². The van der Waals surface area contributed by atoms with Crippen LogP contribution in [0.15, 0.2) is 24.3 Å². The van der Waals surface area contributed by atoms with Crippen molar-refractivity contribution in [2.75, 3.05) is 0 Å². The number of rotatable bonds is 6. The Morgan fingerprint density at radius 1 is 0.846 bits per heavy atom. The third-order valence-corrected chi connectivity index (χ3v) is 2.01. The molecule has 0 N–H and O–H groups in total. The molecule has 76 valence electrons. The summed E-state index contributed by atoms with van der Waals surface area (Å²) < 4.78 is 0. The zero-order chi connectivity index (χ0) is 10.2. The van der Waals surface area contributed by atoms with Gasteiger partial charge in [0.05, 0.1) is 0 Å². The lowest BCUT2D eigenvalue weighted by Crippen LogP contribution is -2.01. The SMILES string of the molecule is CCC/C=C\C(C)(C)/C=C/CCC. The van der Waals surface area contributed by atoms with Gasteiger partial charge in [-0.15, -0.1) is 0 Å². The van der Waals surface area contributed by atoms with Crippen LogP contribution in [0.1, 0.15) is 53.4 Å². The van der Waals surface area contributed by atoms with Gasteiger partial charge in [0.1, 0.15) is 0 Å². The van der Waals surface area contributed by atoms with Crippen LogP contribution >= 0.6 is 0 Å². The van der Waals surface area contributed by atoms with E-state index in [-0.39, 0.29) is 5.41 Å². The molecule has 0 aromatic carbocycles. The zero-order valence-corrected chi connectivity index (χ0v) is 9.64. The predicted octanol–water partition coefficient (Wildman–Crippen LogP) is 4.73. The van der Waals surface area contributed by atoms with E-state index in [4.69, 9.17) is 0 Å². The summed E-state index contributed by atoms with van der Waals surface area (Å²) in [5, 5.41) is 0. The van der Waals surface area contributed by atoms with Crippen LogP contribution < -0.4 is 0 Å². The normalized spacial score (nSPS) is 13.2. The molecule has 0 aliphatic heterocycles. The highest BCUT2D eigenvalue weighted by Crippen LogP contribution is 2.19. The third kappa shape index (κ3) is 7.83. The van der Waals surface area contributed by atoms with E-state index in [0.29, 0.717) is 0 Å². The van der Waals surface area contributed by atoms with Crippen LogP contribution in [0.3, 0.4) is 0 Å². The first-order chi connectivity index (χ1) is 6.12. The third-order valence-electron chi connectivity index (χ3n) is 2.01. The van der Waals surface area contributed by atoms with Gasteiger partial charge in [-0.2, -0.15) is 0 Å². The molecule has 0 saturated heterocycles. The molecule has 0 heterocycles. The minimum Gasteiger partial charge on any atom is -0.0877 e. The van der Waals surface area contributed by atoms with Crippen LogP contribution in [-0.2, 0) is 0 Å². The first-order valence-electron chi connectivity index (χ1n) is 5.47. The van der Waals surface area contributed by atoms with Crippen LogP contribution in [0.2, 0.25) is 0 Å². The molecule has 0 atom stereocenters. The highest BCUT2D eigenvalue weighted by atomic mass is 14.1. The molecule has 0 radical (unpaired) electrons. The van der Waals surface area contributed by atoms with Gasteiger partial charge >= 0.3 is 0 Å². The predicted molar refractivity (Wildman–Crippen MR) is 61.9 cm³/mol. The summed E-state index contributed by atoms with van der Waals surface area (Å²) in [6.07, 6.45) is 14.1. The second-order valence-corrected chi connectivity index (χ2v) is 4.20. The Morgan fingerprint density at radius 2 is 1.23 bits per heavy atom. The Morgan fingerprint density at radius 3 is 1.54 bits per heavy atom. The van der Waals surface area contributed by atoms with Gasteiger partial charge in [0, 0.05) is 5.41 Å². The van der Waals surface area contributed by atoms with Crippen molar-refractivity contribution in [3.05, 3.63) is 24.3 Å². The minimum absolute atomic E-state index is 0.240. The van der Waals surface area contributed by atoms with Gasteiger partial charge in [0.15, 0.2) is 0 Å². The number of hydrogen-bond acceptors (Lipinski definition) is 0. The van der Waals surface area contributed by atoms with Gasteiger partial charge in [-0.25, -0.2) is 0 Å². The maximum atomic E-state index is 2.31. The quantitative estimate of drug-likeness (QED) is 0.519. The Kier molecular flexibility index (Phi) is 6.66. The summed E-state index contributed by atoms with van der Waals surface area (Å²) in [7, 11) is 0. The van der Waals surface area contributed by atoms with Crippen LogP contribution in [0.5, 0.6) is 0 Å². The Balaban J connectivity index is 3.91. The maximum Gasteiger partial charge on any atom is 0.000439 e. The Labute approximate surface area is 83.7 Å². The van der Waals surface area contributed by atoms with E-state index in [1.807, 2.05) is 0 Å². The number of allylic oxidation sites excluding steroid dienone is 4. The molecule has 13 heavy (non-hydrogen) atoms. The minimum atomic E-state index is 0.240. The molecule has 0 aromatic heterocycles. The summed E-state index contributed by atoms with van der Waals surface area (Å²) in [5.41, 5.74) is 0.240. The molecular formula is C13H24. The lowest BCUT2D eigenvalue weighted by Gasteiger charge is -2.14. The summed E-state index contributed by atoms with van der Waals surface area (Å²) in [6, 6.07) is 0. The highest BCUT2D eigenvalue weighted by molar-refractivity contribution is 5.07. The highest BCUT2D eigenvalue weighted by Gasteiger charge is 2.06. The van der Waals surface area contributed by atoms with Crippen LogP contribution in [-0.4, -0.2) is 0 Å². The van der Waals surface area contributed by atoms with Crippen molar-refractivity contribution < 1.29 is 0 Å². The lowest BCUT2D eigenvalue weighted by molar-refractivity contribution is 0.619. The molecule has 0 aliphatic carbocycles. The Bertz CT molecular complexity index is 143. The summed E-state index contributed by atoms with van der Waals surface area (Å²) in [4.78, 5) is 0. The maximum absolute atomic E-state index is 2.31. The summed E-state index contributed by atoms with van der Waals surface area (Å²) >= 11 is 0. The summed E-state index contributed by atoms with van der Waals surface area (Å²) in [5.74, 6) is 0. The van der Waals surface area contributed by atoms with Crippen molar-refractivity contribution in [2.24, 2.45) is 5.41 Å². The first-order valence-corrected chi connectivity index (χ1v) is 5.47. The molecule has 0 nitrogen and oxygen atoms in total. The fraction of sp³-hybridized carbons (Fsp3) is 0.692. The number of unbranched alkanes of at least 4 members (excludes halogenated alkanes) is 2. The fourth-order valence-electron chi connectivity index (χ4n) is 1.16. The molecule has 0 aliphatic rings. The average Bonchev–Trinajstić information content (AvgIpc) is 2.05. The van der Waals surface area contributed by atoms with E-state index in [1.54, 1.807) is 0 Å². The van der Waals surface area contributed by atoms with Gasteiger partial charge in [-0.1, -0.05) is 64.8 Å². The summed E-state index contributed by atoms with van der Waals surface area (Å²) in [6.45, 7) is 8.94. The van der Waals surface area contributed by atoms with Gasteiger partial charge in [-0.3, -0.25) is 0 Å². The van der Waals surface area contributed by atoms with E-state index in [1.165, 1.54) is 25.7 Å². The topological polar surface area (TPSA) is 0 Å². The molecule has 0 fully saturated rings. The van der Waals surface area contributed by atoms with Crippen molar-refractivity contribution >= 4 is 0 Å².